The van der Waals surface area contributed by atoms with Crippen LogP contribution >= 0.6 is 0 Å². The number of ketones is 1. The van der Waals surface area contributed by atoms with Gasteiger partial charge >= 0.3 is 5.69 Å². The van der Waals surface area contributed by atoms with Crippen LogP contribution in [0.2, 0.25) is 0 Å². The van der Waals surface area contributed by atoms with Crippen molar-refractivity contribution in [2.75, 3.05) is 20.8 Å². The van der Waals surface area contributed by atoms with Crippen molar-refractivity contribution in [2.45, 2.75) is 19.4 Å². The number of likely N-dealkylation sites (tertiary alicyclic amines) is 1. The van der Waals surface area contributed by atoms with Crippen LogP contribution in [0.1, 0.15) is 30.5 Å². The molecule has 0 bridgehead atoms. The van der Waals surface area contributed by atoms with Crippen molar-refractivity contribution in [3.8, 4) is 17.2 Å². The summed E-state index contributed by atoms with van der Waals surface area (Å²) in [6.45, 7) is 1.99. The molecule has 1 amide bonds. The summed E-state index contributed by atoms with van der Waals surface area (Å²) < 4.78 is 10.5. The van der Waals surface area contributed by atoms with Gasteiger partial charge in [-0.2, -0.15) is 0 Å². The minimum absolute atomic E-state index is 0.154. The first-order chi connectivity index (χ1) is 15.2. The molecule has 1 saturated heterocycles. The lowest BCUT2D eigenvalue weighted by Crippen LogP contribution is -2.30. The molecular formula is C22H22N2O8. The molecule has 1 atom stereocenters. The van der Waals surface area contributed by atoms with Gasteiger partial charge in [0.05, 0.1) is 36.3 Å². The lowest BCUT2D eigenvalue weighted by molar-refractivity contribution is -0.385. The SMILES string of the molecule is CCCN1C(=O)C(=O)/C(=C(\O)c2ccc(OC)cc2OC)C1c1ccc(O)c([N+](=O)[O-])c1. The third kappa shape index (κ3) is 3.82. The van der Waals surface area contributed by atoms with E-state index in [2.05, 4.69) is 0 Å². The van der Waals surface area contributed by atoms with Crippen LogP contribution in [0.3, 0.4) is 0 Å². The number of amides is 1. The number of carbonyl (C=O) groups is 2. The summed E-state index contributed by atoms with van der Waals surface area (Å²) in [7, 11) is 2.84. The van der Waals surface area contributed by atoms with Crippen molar-refractivity contribution < 1.29 is 34.2 Å². The number of benzene rings is 2. The van der Waals surface area contributed by atoms with Gasteiger partial charge < -0.3 is 24.6 Å². The molecule has 1 unspecified atom stereocenters. The lowest BCUT2D eigenvalue weighted by atomic mass is 9.94. The maximum absolute atomic E-state index is 12.9. The van der Waals surface area contributed by atoms with Gasteiger partial charge in [-0.05, 0) is 30.2 Å². The van der Waals surface area contributed by atoms with Gasteiger partial charge in [0.15, 0.2) is 5.75 Å². The van der Waals surface area contributed by atoms with Crippen LogP contribution in [0.5, 0.6) is 17.2 Å². The number of nitro groups is 1. The molecule has 0 aromatic heterocycles. The second kappa shape index (κ2) is 8.96. The number of aromatic hydroxyl groups is 1. The van der Waals surface area contributed by atoms with Gasteiger partial charge in [-0.1, -0.05) is 13.0 Å². The van der Waals surface area contributed by atoms with E-state index in [0.717, 1.165) is 12.1 Å². The molecule has 2 aromatic rings. The van der Waals surface area contributed by atoms with Crippen LogP contribution in [0.4, 0.5) is 5.69 Å². The van der Waals surface area contributed by atoms with Gasteiger partial charge in [0.25, 0.3) is 11.7 Å². The average Bonchev–Trinajstić information content (AvgIpc) is 3.03. The molecule has 2 aromatic carbocycles. The van der Waals surface area contributed by atoms with E-state index in [-0.39, 0.29) is 29.0 Å². The summed E-state index contributed by atoms with van der Waals surface area (Å²) in [5, 5.41) is 32.2. The highest BCUT2D eigenvalue weighted by Crippen LogP contribution is 2.43. The third-order valence-electron chi connectivity index (χ3n) is 5.18. The number of phenolic OH excluding ortho intramolecular Hbond substituents is 1. The maximum Gasteiger partial charge on any atom is 0.311 e. The zero-order valence-corrected chi connectivity index (χ0v) is 17.7. The molecule has 2 N–H and O–H groups in total. The normalized spacial score (nSPS) is 17.5. The first-order valence-electron chi connectivity index (χ1n) is 9.73. The van der Waals surface area contributed by atoms with Gasteiger partial charge in [0.2, 0.25) is 0 Å². The molecule has 1 aliphatic heterocycles. The van der Waals surface area contributed by atoms with E-state index >= 15 is 0 Å². The van der Waals surface area contributed by atoms with Crippen molar-refractivity contribution in [1.29, 1.82) is 0 Å². The predicted molar refractivity (Wildman–Crippen MR) is 114 cm³/mol. The number of ether oxygens (including phenoxy) is 2. The number of Topliss-reactive ketones (excluding diaryl/α,β-unsaturated/α-hetero) is 1. The number of phenols is 1. The van der Waals surface area contributed by atoms with Crippen LogP contribution in [-0.4, -0.2) is 52.5 Å². The zero-order valence-electron chi connectivity index (χ0n) is 17.7. The summed E-state index contributed by atoms with van der Waals surface area (Å²) >= 11 is 0. The molecule has 32 heavy (non-hydrogen) atoms. The maximum atomic E-state index is 12.9. The second-order valence-corrected chi connectivity index (χ2v) is 7.06. The van der Waals surface area contributed by atoms with E-state index in [4.69, 9.17) is 9.47 Å². The molecule has 0 saturated carbocycles. The Morgan fingerprint density at radius 2 is 1.88 bits per heavy atom. The van der Waals surface area contributed by atoms with Crippen molar-refractivity contribution >= 4 is 23.1 Å². The Bertz CT molecular complexity index is 1120. The summed E-state index contributed by atoms with van der Waals surface area (Å²) in [5.74, 6) is -2.13. The Morgan fingerprint density at radius 1 is 1.16 bits per heavy atom. The molecule has 1 aliphatic rings. The number of hydrogen-bond acceptors (Lipinski definition) is 8. The molecule has 0 spiro atoms. The molecule has 168 valence electrons. The quantitative estimate of drug-likeness (QED) is 0.219. The Morgan fingerprint density at radius 3 is 2.47 bits per heavy atom. The molecular weight excluding hydrogens is 420 g/mol. The van der Waals surface area contributed by atoms with E-state index in [1.807, 2.05) is 6.92 Å². The van der Waals surface area contributed by atoms with Crippen LogP contribution in [0.15, 0.2) is 42.0 Å². The summed E-state index contributed by atoms with van der Waals surface area (Å²) in [6, 6.07) is 7.05. The van der Waals surface area contributed by atoms with E-state index in [0.29, 0.717) is 12.2 Å². The van der Waals surface area contributed by atoms with Crippen LogP contribution in [0, 0.1) is 10.1 Å². The highest BCUT2D eigenvalue weighted by Gasteiger charge is 2.46. The fourth-order valence-corrected chi connectivity index (χ4v) is 3.69. The van der Waals surface area contributed by atoms with Crippen molar-refractivity contribution in [3.63, 3.8) is 0 Å². The van der Waals surface area contributed by atoms with Gasteiger partial charge in [-0.3, -0.25) is 19.7 Å². The van der Waals surface area contributed by atoms with Crippen LogP contribution in [-0.2, 0) is 9.59 Å². The fourth-order valence-electron chi connectivity index (χ4n) is 3.69. The summed E-state index contributed by atoms with van der Waals surface area (Å²) in [6.07, 6.45) is 0.510. The molecule has 0 aliphatic carbocycles. The first kappa shape index (κ1) is 22.6. The predicted octanol–water partition coefficient (Wildman–Crippen LogP) is 3.15. The Labute approximate surface area is 183 Å². The number of rotatable bonds is 7. The lowest BCUT2D eigenvalue weighted by Gasteiger charge is -2.25. The van der Waals surface area contributed by atoms with E-state index in [1.54, 1.807) is 6.07 Å². The van der Waals surface area contributed by atoms with Gasteiger partial charge in [0, 0.05) is 18.7 Å². The highest BCUT2D eigenvalue weighted by molar-refractivity contribution is 6.46. The average molecular weight is 442 g/mol. The summed E-state index contributed by atoms with van der Waals surface area (Å²) in [4.78, 5) is 37.5. The van der Waals surface area contributed by atoms with E-state index in [1.165, 1.54) is 37.3 Å². The number of carbonyl (C=O) groups excluding carboxylic acids is 2. The smallest absolute Gasteiger partial charge is 0.311 e. The molecule has 3 rings (SSSR count). The van der Waals surface area contributed by atoms with Gasteiger partial charge in [-0.25, -0.2) is 0 Å². The zero-order chi connectivity index (χ0) is 23.6. The van der Waals surface area contributed by atoms with E-state index in [9.17, 15) is 29.9 Å². The van der Waals surface area contributed by atoms with E-state index < -0.39 is 39.9 Å². The monoisotopic (exact) mass is 442 g/mol. The molecule has 1 fully saturated rings. The second-order valence-electron chi connectivity index (χ2n) is 7.06. The van der Waals surface area contributed by atoms with Crippen molar-refractivity contribution in [1.82, 2.24) is 4.90 Å². The first-order valence-corrected chi connectivity index (χ1v) is 9.73. The van der Waals surface area contributed by atoms with Crippen LogP contribution in [0.25, 0.3) is 5.76 Å². The van der Waals surface area contributed by atoms with Crippen LogP contribution < -0.4 is 9.47 Å². The Kier molecular flexibility index (Phi) is 6.33. The minimum Gasteiger partial charge on any atom is -0.507 e. The Balaban J connectivity index is 2.27. The number of aliphatic hydroxyl groups is 1. The fraction of sp³-hybridized carbons (Fsp3) is 0.273. The number of methoxy groups -OCH3 is 2. The largest absolute Gasteiger partial charge is 0.507 e. The van der Waals surface area contributed by atoms with Crippen molar-refractivity contribution in [3.05, 3.63) is 63.2 Å². The number of nitrogens with zero attached hydrogens (tertiary/aromatic N) is 2. The number of aliphatic hydroxyl groups excluding tert-OH is 1. The topological polar surface area (TPSA) is 139 Å². The minimum atomic E-state index is -1.08. The Hall–Kier alpha value is -4.08. The number of nitro benzene ring substituents is 1. The summed E-state index contributed by atoms with van der Waals surface area (Å²) in [5.41, 5.74) is -0.448. The third-order valence-corrected chi connectivity index (χ3v) is 5.18. The van der Waals surface area contributed by atoms with Crippen molar-refractivity contribution in [2.24, 2.45) is 0 Å². The highest BCUT2D eigenvalue weighted by atomic mass is 16.6. The standard InChI is InChI=1S/C22H22N2O8/c1-4-9-23-19(12-5-8-16(25)15(10-12)24(29)30)18(21(27)22(23)28)20(26)14-7-6-13(31-2)11-17(14)32-3/h5-8,10-11,19,25-26H,4,9H2,1-3H3/b20-18-. The number of hydrogen-bond donors (Lipinski definition) is 2. The molecule has 10 heteroatoms. The molecule has 1 heterocycles. The van der Waals surface area contributed by atoms with Gasteiger partial charge in [-0.15, -0.1) is 0 Å². The molecule has 0 radical (unpaired) electrons. The molecule has 10 nitrogen and oxygen atoms in total. The van der Waals surface area contributed by atoms with Gasteiger partial charge in [0.1, 0.15) is 17.3 Å².